The maximum atomic E-state index is 11.3. The largest absolute Gasteiger partial charge is 0.294 e. The summed E-state index contributed by atoms with van der Waals surface area (Å²) < 4.78 is 1.18. The van der Waals surface area contributed by atoms with Crippen LogP contribution >= 0.6 is 22.7 Å². The predicted molar refractivity (Wildman–Crippen MR) is 72.9 cm³/mol. The fourth-order valence-electron chi connectivity index (χ4n) is 1.69. The molecular formula is C13H9NOS2. The van der Waals surface area contributed by atoms with Crippen molar-refractivity contribution in [3.63, 3.8) is 0 Å². The highest BCUT2D eigenvalue weighted by Gasteiger charge is 2.07. The number of fused-ring (bicyclic) bond motifs is 1. The van der Waals surface area contributed by atoms with Crippen molar-refractivity contribution < 1.29 is 4.79 Å². The molecule has 3 aromatic rings. The highest BCUT2D eigenvalue weighted by Crippen LogP contribution is 2.31. The number of hydrogen-bond donors (Lipinski definition) is 0. The molecule has 0 bridgehead atoms. The van der Waals surface area contributed by atoms with Gasteiger partial charge in [0.1, 0.15) is 0 Å². The van der Waals surface area contributed by atoms with Gasteiger partial charge in [0.25, 0.3) is 0 Å². The van der Waals surface area contributed by atoms with Crippen molar-refractivity contribution in [2.24, 2.45) is 0 Å². The Labute approximate surface area is 107 Å². The molecule has 0 saturated carbocycles. The van der Waals surface area contributed by atoms with Gasteiger partial charge in [-0.05, 0) is 36.8 Å². The topological polar surface area (TPSA) is 30.0 Å². The molecule has 17 heavy (non-hydrogen) atoms. The molecular weight excluding hydrogens is 250 g/mol. The molecule has 0 aliphatic carbocycles. The molecule has 4 heteroatoms. The summed E-state index contributed by atoms with van der Waals surface area (Å²) in [6.07, 6.45) is 0. The molecule has 0 aliphatic rings. The van der Waals surface area contributed by atoms with E-state index in [2.05, 4.69) is 17.1 Å². The van der Waals surface area contributed by atoms with E-state index in [0.29, 0.717) is 0 Å². The summed E-state index contributed by atoms with van der Waals surface area (Å²) >= 11 is 3.18. The summed E-state index contributed by atoms with van der Waals surface area (Å²) in [6, 6.07) is 10.1. The van der Waals surface area contributed by atoms with Gasteiger partial charge in [0.15, 0.2) is 5.78 Å². The SMILES string of the molecule is CC(=O)c1ccc(-c2ccc3ncsc3c2)s1. The number of hydrogen-bond acceptors (Lipinski definition) is 4. The van der Waals surface area contributed by atoms with E-state index in [9.17, 15) is 4.79 Å². The number of carbonyl (C=O) groups is 1. The molecule has 0 unspecified atom stereocenters. The minimum atomic E-state index is 0.125. The van der Waals surface area contributed by atoms with Crippen LogP contribution in [0.1, 0.15) is 16.6 Å². The molecule has 2 aromatic heterocycles. The Bertz CT molecular complexity index is 696. The van der Waals surface area contributed by atoms with Gasteiger partial charge >= 0.3 is 0 Å². The third kappa shape index (κ3) is 1.90. The van der Waals surface area contributed by atoms with E-state index in [0.717, 1.165) is 20.8 Å². The molecule has 2 nitrogen and oxygen atoms in total. The summed E-state index contributed by atoms with van der Waals surface area (Å²) in [4.78, 5) is 17.5. The first-order chi connectivity index (χ1) is 8.24. The molecule has 1 aromatic carbocycles. The second-order valence-electron chi connectivity index (χ2n) is 3.75. The first kappa shape index (κ1) is 10.6. The summed E-state index contributed by atoms with van der Waals surface area (Å²) in [5.41, 5.74) is 4.03. The van der Waals surface area contributed by atoms with Crippen LogP contribution in [0.2, 0.25) is 0 Å². The number of thiophene rings is 1. The highest BCUT2D eigenvalue weighted by atomic mass is 32.1. The lowest BCUT2D eigenvalue weighted by molar-refractivity contribution is 0.102. The lowest BCUT2D eigenvalue weighted by Crippen LogP contribution is -1.83. The first-order valence-corrected chi connectivity index (χ1v) is 6.88. The van der Waals surface area contributed by atoms with Crippen LogP contribution in [0.3, 0.4) is 0 Å². The van der Waals surface area contributed by atoms with Crippen LogP contribution in [0.4, 0.5) is 0 Å². The zero-order chi connectivity index (χ0) is 11.8. The minimum absolute atomic E-state index is 0.125. The van der Waals surface area contributed by atoms with Gasteiger partial charge in [-0.25, -0.2) is 4.98 Å². The Kier molecular flexibility index (Phi) is 2.53. The fraction of sp³-hybridized carbons (Fsp3) is 0.0769. The van der Waals surface area contributed by atoms with Crippen LogP contribution < -0.4 is 0 Å². The van der Waals surface area contributed by atoms with Gasteiger partial charge < -0.3 is 0 Å². The van der Waals surface area contributed by atoms with E-state index in [4.69, 9.17) is 0 Å². The summed E-state index contributed by atoms with van der Waals surface area (Å²) in [5.74, 6) is 0.125. The Hall–Kier alpha value is -1.52. The molecule has 0 fully saturated rings. The van der Waals surface area contributed by atoms with Gasteiger partial charge in [0.05, 0.1) is 20.6 Å². The van der Waals surface area contributed by atoms with Crippen molar-refractivity contribution >= 4 is 38.7 Å². The molecule has 3 rings (SSSR count). The molecule has 0 saturated heterocycles. The number of benzene rings is 1. The van der Waals surface area contributed by atoms with E-state index in [1.54, 1.807) is 18.3 Å². The minimum Gasteiger partial charge on any atom is -0.294 e. The summed E-state index contributed by atoms with van der Waals surface area (Å²) in [6.45, 7) is 1.60. The molecule has 0 spiro atoms. The maximum Gasteiger partial charge on any atom is 0.169 e. The van der Waals surface area contributed by atoms with Crippen molar-refractivity contribution in [1.82, 2.24) is 4.98 Å². The Balaban J connectivity index is 2.09. The van der Waals surface area contributed by atoms with Crippen molar-refractivity contribution in [2.45, 2.75) is 6.92 Å². The van der Waals surface area contributed by atoms with Gasteiger partial charge in [0.2, 0.25) is 0 Å². The molecule has 0 amide bonds. The van der Waals surface area contributed by atoms with Crippen LogP contribution in [-0.4, -0.2) is 10.8 Å². The third-order valence-corrected chi connectivity index (χ3v) is 4.60. The standard InChI is InChI=1S/C13H9NOS2/c1-8(15)11-4-5-12(17-11)9-2-3-10-13(6-9)16-7-14-10/h2-7H,1H3. The molecule has 0 N–H and O–H groups in total. The van der Waals surface area contributed by atoms with Crippen molar-refractivity contribution in [1.29, 1.82) is 0 Å². The van der Waals surface area contributed by atoms with E-state index in [1.165, 1.54) is 16.0 Å². The normalized spacial score (nSPS) is 10.9. The van der Waals surface area contributed by atoms with Crippen LogP contribution in [0.15, 0.2) is 35.8 Å². The molecule has 84 valence electrons. The van der Waals surface area contributed by atoms with Crippen LogP contribution in [0.5, 0.6) is 0 Å². The molecule has 0 radical (unpaired) electrons. The zero-order valence-electron chi connectivity index (χ0n) is 9.14. The van der Waals surface area contributed by atoms with Crippen molar-refractivity contribution in [2.75, 3.05) is 0 Å². The van der Waals surface area contributed by atoms with Crippen LogP contribution in [-0.2, 0) is 0 Å². The monoisotopic (exact) mass is 259 g/mol. The third-order valence-electron chi connectivity index (χ3n) is 2.57. The Morgan fingerprint density at radius 3 is 2.88 bits per heavy atom. The van der Waals surface area contributed by atoms with Crippen molar-refractivity contribution in [3.8, 4) is 10.4 Å². The number of thiazole rings is 1. The van der Waals surface area contributed by atoms with Gasteiger partial charge in [0, 0.05) is 4.88 Å². The second kappa shape index (κ2) is 4.05. The average Bonchev–Trinajstić information content (AvgIpc) is 2.97. The smallest absolute Gasteiger partial charge is 0.169 e. The quantitative estimate of drug-likeness (QED) is 0.645. The number of nitrogens with zero attached hydrogens (tertiary/aromatic N) is 1. The molecule has 2 heterocycles. The van der Waals surface area contributed by atoms with E-state index in [1.807, 2.05) is 23.7 Å². The van der Waals surface area contributed by atoms with Crippen LogP contribution in [0, 0.1) is 0 Å². The zero-order valence-corrected chi connectivity index (χ0v) is 10.8. The number of ketones is 1. The van der Waals surface area contributed by atoms with E-state index in [-0.39, 0.29) is 5.78 Å². The number of rotatable bonds is 2. The Morgan fingerprint density at radius 2 is 2.12 bits per heavy atom. The predicted octanol–water partition coefficient (Wildman–Crippen LogP) is 4.23. The molecule has 0 aliphatic heterocycles. The van der Waals surface area contributed by atoms with Crippen LogP contribution in [0.25, 0.3) is 20.7 Å². The lowest BCUT2D eigenvalue weighted by Gasteiger charge is -1.96. The van der Waals surface area contributed by atoms with E-state index < -0.39 is 0 Å². The average molecular weight is 259 g/mol. The summed E-state index contributed by atoms with van der Waals surface area (Å²) in [7, 11) is 0. The lowest BCUT2D eigenvalue weighted by atomic mass is 10.2. The van der Waals surface area contributed by atoms with Gasteiger partial charge in [-0.15, -0.1) is 22.7 Å². The Morgan fingerprint density at radius 1 is 1.24 bits per heavy atom. The van der Waals surface area contributed by atoms with Crippen molar-refractivity contribution in [3.05, 3.63) is 40.7 Å². The van der Waals surface area contributed by atoms with Gasteiger partial charge in [-0.3, -0.25) is 4.79 Å². The maximum absolute atomic E-state index is 11.3. The van der Waals surface area contributed by atoms with Gasteiger partial charge in [-0.2, -0.15) is 0 Å². The fourth-order valence-corrected chi connectivity index (χ4v) is 3.30. The first-order valence-electron chi connectivity index (χ1n) is 5.18. The number of Topliss-reactive ketones (excluding diaryl/α,β-unsaturated/α-hetero) is 1. The van der Waals surface area contributed by atoms with E-state index >= 15 is 0 Å². The molecule has 0 atom stereocenters. The number of aromatic nitrogens is 1. The summed E-state index contributed by atoms with van der Waals surface area (Å²) in [5, 5.41) is 0. The number of carbonyl (C=O) groups excluding carboxylic acids is 1. The van der Waals surface area contributed by atoms with Gasteiger partial charge in [-0.1, -0.05) is 6.07 Å². The highest BCUT2D eigenvalue weighted by molar-refractivity contribution is 7.18. The second-order valence-corrected chi connectivity index (χ2v) is 5.73.